The lowest BCUT2D eigenvalue weighted by Crippen LogP contribution is -2.48. The molecule has 1 saturated carbocycles. The van der Waals surface area contributed by atoms with Crippen molar-refractivity contribution in [3.05, 3.63) is 91.7 Å². The Hall–Kier alpha value is -2.42. The zero-order valence-electron chi connectivity index (χ0n) is 22.7. The molecule has 3 aromatic rings. The first-order chi connectivity index (χ1) is 19.4. The lowest BCUT2D eigenvalue weighted by atomic mass is 9.85. The molecule has 2 aliphatic rings. The number of benzene rings is 3. The van der Waals surface area contributed by atoms with Crippen LogP contribution in [-0.4, -0.2) is 29.0 Å². The van der Waals surface area contributed by atoms with Crippen LogP contribution in [-0.2, 0) is 11.4 Å². The number of nitrogens with one attached hydrogen (secondary N) is 1. The van der Waals surface area contributed by atoms with Crippen LogP contribution in [0.2, 0.25) is 0 Å². The molecule has 0 bridgehead atoms. The summed E-state index contributed by atoms with van der Waals surface area (Å²) >= 11 is 8.76. The van der Waals surface area contributed by atoms with Gasteiger partial charge in [0.25, 0.3) is 5.91 Å². The zero-order valence-corrected chi connectivity index (χ0v) is 26.7. The number of para-hydroxylation sites is 1. The summed E-state index contributed by atoms with van der Waals surface area (Å²) in [6.07, 6.45) is 6.57. The lowest BCUT2D eigenvalue weighted by molar-refractivity contribution is -0.129. The van der Waals surface area contributed by atoms with Crippen LogP contribution in [0.25, 0.3) is 6.08 Å². The fraction of sp³-hybridized carbons (Fsp3) is 0.344. The molecule has 210 valence electrons. The zero-order chi connectivity index (χ0) is 28.1. The summed E-state index contributed by atoms with van der Waals surface area (Å²) in [7, 11) is 0. The maximum absolute atomic E-state index is 13.9. The molecular weight excluding hydrogens is 652 g/mol. The third-order valence-electron chi connectivity index (χ3n) is 7.35. The highest BCUT2D eigenvalue weighted by atomic mass is 79.9. The molecule has 5 nitrogen and oxygen atoms in total. The van der Waals surface area contributed by atoms with Crippen LogP contribution in [0.15, 0.2) is 80.6 Å². The Bertz CT molecular complexity index is 1350. The van der Waals surface area contributed by atoms with Gasteiger partial charge in [0.2, 0.25) is 0 Å². The number of carbonyl (C=O) groups is 1. The van der Waals surface area contributed by atoms with Crippen molar-refractivity contribution in [3.8, 4) is 11.5 Å². The average Bonchev–Trinajstić information content (AvgIpc) is 3.24. The highest BCUT2D eigenvalue weighted by Crippen LogP contribution is 2.44. The van der Waals surface area contributed by atoms with Gasteiger partial charge in [-0.15, -0.1) is 0 Å². The quantitative estimate of drug-likeness (QED) is 0.228. The van der Waals surface area contributed by atoms with Crippen LogP contribution in [0, 0.1) is 5.92 Å². The number of hydrogen-bond donors (Lipinski definition) is 1. The minimum Gasteiger partial charge on any atom is -0.490 e. The fourth-order valence-corrected chi connectivity index (χ4v) is 7.38. The Morgan fingerprint density at radius 1 is 1.02 bits per heavy atom. The molecule has 0 radical (unpaired) electrons. The summed E-state index contributed by atoms with van der Waals surface area (Å²) in [4.78, 5) is 16.7. The molecule has 1 amide bonds. The second kappa shape index (κ2) is 13.5. The second-order valence-corrected chi connectivity index (χ2v) is 13.1. The van der Waals surface area contributed by atoms with Gasteiger partial charge in [-0.05, 0) is 95.2 Å². The van der Waals surface area contributed by atoms with Crippen LogP contribution in [0.1, 0.15) is 50.7 Å². The SMILES string of the molecule is CCOc1cc(/C=C2\SC(Nc3ccccc3)N([C@@H]3CCCC[C@H]3C)C2=O)cc(Br)c1OCc1ccc(Br)cc1. The van der Waals surface area contributed by atoms with Crippen molar-refractivity contribution in [1.82, 2.24) is 4.90 Å². The van der Waals surface area contributed by atoms with E-state index in [4.69, 9.17) is 9.47 Å². The summed E-state index contributed by atoms with van der Waals surface area (Å²) in [5.41, 5.74) is 2.80. The van der Waals surface area contributed by atoms with E-state index in [1.165, 1.54) is 6.42 Å². The number of carbonyl (C=O) groups excluding carboxylic acids is 1. The first-order valence-corrected chi connectivity index (χ1v) is 16.3. The molecule has 0 aromatic heterocycles. The molecule has 1 N–H and O–H groups in total. The molecule has 1 unspecified atom stereocenters. The van der Waals surface area contributed by atoms with Gasteiger partial charge in [0.05, 0.1) is 16.0 Å². The number of thioether (sulfide) groups is 1. The van der Waals surface area contributed by atoms with Crippen LogP contribution >= 0.6 is 43.6 Å². The van der Waals surface area contributed by atoms with Gasteiger partial charge in [-0.2, -0.15) is 0 Å². The van der Waals surface area contributed by atoms with Crippen molar-refractivity contribution < 1.29 is 14.3 Å². The van der Waals surface area contributed by atoms with E-state index in [-0.39, 0.29) is 17.4 Å². The van der Waals surface area contributed by atoms with Crippen molar-refractivity contribution in [2.75, 3.05) is 11.9 Å². The van der Waals surface area contributed by atoms with Gasteiger partial charge in [-0.1, -0.05) is 77.8 Å². The molecule has 5 rings (SSSR count). The fourth-order valence-electron chi connectivity index (χ4n) is 5.33. The highest BCUT2D eigenvalue weighted by Gasteiger charge is 2.43. The number of anilines is 1. The molecule has 1 saturated heterocycles. The molecule has 1 aliphatic heterocycles. The number of ether oxygens (including phenoxy) is 2. The summed E-state index contributed by atoms with van der Waals surface area (Å²) in [5.74, 6) is 1.85. The molecule has 1 aliphatic carbocycles. The first kappa shape index (κ1) is 29.1. The van der Waals surface area contributed by atoms with Crippen LogP contribution in [0.5, 0.6) is 11.5 Å². The predicted molar refractivity (Wildman–Crippen MR) is 171 cm³/mol. The minimum atomic E-state index is -0.157. The van der Waals surface area contributed by atoms with E-state index < -0.39 is 0 Å². The van der Waals surface area contributed by atoms with Gasteiger partial charge in [0.15, 0.2) is 17.0 Å². The first-order valence-electron chi connectivity index (χ1n) is 13.8. The van der Waals surface area contributed by atoms with Crippen molar-refractivity contribution in [1.29, 1.82) is 0 Å². The normalized spacial score (nSPS) is 22.0. The van der Waals surface area contributed by atoms with Gasteiger partial charge in [-0.25, -0.2) is 0 Å². The minimum absolute atomic E-state index is 0.0850. The average molecular weight is 687 g/mol. The van der Waals surface area contributed by atoms with E-state index in [0.717, 1.165) is 49.9 Å². The number of halogens is 2. The standard InChI is InChI=1S/C32H34Br2N2O3S/c1-3-38-28-18-23(17-26(34)30(28)39-20-22-13-15-24(33)16-14-22)19-29-31(37)36(27-12-8-7-9-21(27)2)32(40-29)35-25-10-5-4-6-11-25/h4-6,10-11,13-19,21,27,32,35H,3,7-9,12,20H2,1-2H3/b29-19-/t21-,27-,32?/m1/s1. The molecule has 0 spiro atoms. The van der Waals surface area contributed by atoms with E-state index in [0.29, 0.717) is 30.6 Å². The monoisotopic (exact) mass is 684 g/mol. The van der Waals surface area contributed by atoms with Crippen LogP contribution < -0.4 is 14.8 Å². The van der Waals surface area contributed by atoms with Gasteiger partial charge in [0.1, 0.15) is 6.61 Å². The molecular formula is C32H34Br2N2O3S. The lowest BCUT2D eigenvalue weighted by Gasteiger charge is -2.39. The molecule has 2 fully saturated rings. The Morgan fingerprint density at radius 3 is 2.50 bits per heavy atom. The summed E-state index contributed by atoms with van der Waals surface area (Å²) < 4.78 is 14.0. The molecule has 3 aromatic carbocycles. The maximum Gasteiger partial charge on any atom is 0.262 e. The van der Waals surface area contributed by atoms with Crippen molar-refractivity contribution >= 4 is 61.3 Å². The Kier molecular flexibility index (Phi) is 9.81. The molecule has 40 heavy (non-hydrogen) atoms. The number of nitrogens with zero attached hydrogens (tertiary/aromatic N) is 1. The van der Waals surface area contributed by atoms with Crippen molar-refractivity contribution in [2.24, 2.45) is 5.92 Å². The summed E-state index contributed by atoms with van der Waals surface area (Å²) in [6, 6.07) is 22.4. The Labute approximate surface area is 258 Å². The summed E-state index contributed by atoms with van der Waals surface area (Å²) in [5, 5.41) is 3.61. The topological polar surface area (TPSA) is 50.8 Å². The third-order valence-corrected chi connectivity index (χ3v) is 9.58. The Morgan fingerprint density at radius 2 is 1.77 bits per heavy atom. The van der Waals surface area contributed by atoms with E-state index in [1.54, 1.807) is 11.8 Å². The van der Waals surface area contributed by atoms with E-state index in [9.17, 15) is 4.79 Å². The highest BCUT2D eigenvalue weighted by molar-refractivity contribution is 9.10. The largest absolute Gasteiger partial charge is 0.490 e. The molecule has 8 heteroatoms. The van der Waals surface area contributed by atoms with E-state index in [1.807, 2.05) is 79.7 Å². The maximum atomic E-state index is 13.9. The van der Waals surface area contributed by atoms with Crippen molar-refractivity contribution in [3.63, 3.8) is 0 Å². The van der Waals surface area contributed by atoms with Gasteiger partial charge in [0, 0.05) is 16.2 Å². The summed E-state index contributed by atoms with van der Waals surface area (Å²) in [6.45, 7) is 5.16. The number of amides is 1. The van der Waals surface area contributed by atoms with Gasteiger partial charge in [-0.3, -0.25) is 4.79 Å². The van der Waals surface area contributed by atoms with Crippen molar-refractivity contribution in [2.45, 2.75) is 57.7 Å². The Balaban J connectivity index is 1.42. The molecule has 1 heterocycles. The van der Waals surface area contributed by atoms with Gasteiger partial charge >= 0.3 is 0 Å². The van der Waals surface area contributed by atoms with E-state index >= 15 is 0 Å². The van der Waals surface area contributed by atoms with Crippen LogP contribution in [0.4, 0.5) is 5.69 Å². The molecule has 3 atom stereocenters. The number of rotatable bonds is 9. The number of hydrogen-bond acceptors (Lipinski definition) is 5. The second-order valence-electron chi connectivity index (χ2n) is 10.2. The smallest absolute Gasteiger partial charge is 0.262 e. The van der Waals surface area contributed by atoms with Crippen LogP contribution in [0.3, 0.4) is 0 Å². The van der Waals surface area contributed by atoms with E-state index in [2.05, 4.69) is 49.0 Å². The third kappa shape index (κ3) is 6.89. The predicted octanol–water partition coefficient (Wildman–Crippen LogP) is 9.08. The van der Waals surface area contributed by atoms with Gasteiger partial charge < -0.3 is 19.7 Å².